The van der Waals surface area contributed by atoms with Crippen molar-refractivity contribution in [3.05, 3.63) is 64.3 Å². The molecule has 0 fully saturated rings. The lowest BCUT2D eigenvalue weighted by molar-refractivity contribution is -0.113. The van der Waals surface area contributed by atoms with Crippen LogP contribution in [0.25, 0.3) is 0 Å². The number of hydrogen-bond donors (Lipinski definition) is 3. The van der Waals surface area contributed by atoms with Gasteiger partial charge < -0.3 is 25.4 Å². The lowest BCUT2D eigenvalue weighted by Gasteiger charge is -2.29. The summed E-state index contributed by atoms with van der Waals surface area (Å²) in [6, 6.07) is 11.0. The van der Waals surface area contributed by atoms with Crippen LogP contribution >= 0.6 is 11.6 Å². The maximum Gasteiger partial charge on any atom is 0.319 e. The Morgan fingerprint density at radius 2 is 1.86 bits per heavy atom. The summed E-state index contributed by atoms with van der Waals surface area (Å²) in [5.41, 5.74) is 2.08. The highest BCUT2D eigenvalue weighted by atomic mass is 35.5. The molecule has 1 aliphatic rings. The Bertz CT molecular complexity index is 958. The van der Waals surface area contributed by atoms with Crippen molar-refractivity contribution >= 4 is 29.2 Å². The second kappa shape index (κ2) is 8.22. The maximum absolute atomic E-state index is 13.0. The molecular weight excluding hydrogens is 382 g/mol. The van der Waals surface area contributed by atoms with Crippen molar-refractivity contribution < 1.29 is 19.1 Å². The number of allylic oxidation sites excluding steroid dienone is 1. The number of benzene rings is 2. The van der Waals surface area contributed by atoms with E-state index in [0.717, 1.165) is 0 Å². The van der Waals surface area contributed by atoms with E-state index in [9.17, 15) is 9.59 Å². The Balaban J connectivity index is 1.98. The summed E-state index contributed by atoms with van der Waals surface area (Å²) >= 11 is 5.99. The van der Waals surface area contributed by atoms with E-state index in [4.69, 9.17) is 21.1 Å². The largest absolute Gasteiger partial charge is 0.493 e. The summed E-state index contributed by atoms with van der Waals surface area (Å²) in [5.74, 6) is 0.698. The number of rotatable bonds is 5. The summed E-state index contributed by atoms with van der Waals surface area (Å²) in [5, 5.41) is 8.76. The van der Waals surface area contributed by atoms with Crippen molar-refractivity contribution in [3.8, 4) is 11.5 Å². The minimum atomic E-state index is -0.659. The summed E-state index contributed by atoms with van der Waals surface area (Å²) in [4.78, 5) is 25.0. The summed E-state index contributed by atoms with van der Waals surface area (Å²) in [7, 11) is 3.06. The van der Waals surface area contributed by atoms with Gasteiger partial charge in [-0.15, -0.1) is 0 Å². The van der Waals surface area contributed by atoms with Crippen LogP contribution in [0.15, 0.2) is 53.7 Å². The highest BCUT2D eigenvalue weighted by Crippen LogP contribution is 2.34. The molecule has 2 aromatic carbocycles. The van der Waals surface area contributed by atoms with E-state index < -0.39 is 12.1 Å². The monoisotopic (exact) mass is 401 g/mol. The number of halogens is 1. The molecule has 1 heterocycles. The maximum atomic E-state index is 13.0. The van der Waals surface area contributed by atoms with Crippen molar-refractivity contribution in [2.24, 2.45) is 0 Å². The second-order valence-corrected chi connectivity index (χ2v) is 6.59. The molecule has 8 heteroatoms. The van der Waals surface area contributed by atoms with Gasteiger partial charge in [-0.3, -0.25) is 4.79 Å². The number of urea groups is 1. The summed E-state index contributed by atoms with van der Waals surface area (Å²) in [6.45, 7) is 1.68. The zero-order valence-electron chi connectivity index (χ0n) is 15.6. The van der Waals surface area contributed by atoms with Gasteiger partial charge in [0, 0.05) is 16.4 Å². The van der Waals surface area contributed by atoms with Crippen molar-refractivity contribution in [2.45, 2.75) is 13.0 Å². The topological polar surface area (TPSA) is 88.7 Å². The van der Waals surface area contributed by atoms with E-state index in [1.165, 1.54) is 14.2 Å². The van der Waals surface area contributed by atoms with Crippen LogP contribution in [-0.4, -0.2) is 26.2 Å². The standard InChI is InChI=1S/C20H20ClN3O4/c1-11-17(19(25)23-14-6-4-5-13(21)10-14)18(24-20(26)22-11)12-7-8-15(27-2)16(9-12)28-3/h4-10,18H,1-3H3,(H,23,25)(H2,22,24,26). The van der Waals surface area contributed by atoms with E-state index in [0.29, 0.717) is 39.0 Å². The van der Waals surface area contributed by atoms with Gasteiger partial charge in [0.25, 0.3) is 5.91 Å². The number of methoxy groups -OCH3 is 2. The first-order valence-corrected chi connectivity index (χ1v) is 8.88. The SMILES string of the molecule is COc1ccc(C2NC(=O)NC(C)=C2C(=O)Nc2cccc(Cl)c2)cc1OC. The Kier molecular flexibility index (Phi) is 5.75. The highest BCUT2D eigenvalue weighted by molar-refractivity contribution is 6.31. The van der Waals surface area contributed by atoms with E-state index in [-0.39, 0.29) is 5.91 Å². The van der Waals surface area contributed by atoms with Crippen LogP contribution in [0.1, 0.15) is 18.5 Å². The molecule has 1 aliphatic heterocycles. The Labute approximate surface area is 167 Å². The third kappa shape index (κ3) is 4.04. The van der Waals surface area contributed by atoms with E-state index in [1.54, 1.807) is 49.4 Å². The first-order valence-electron chi connectivity index (χ1n) is 8.50. The zero-order valence-corrected chi connectivity index (χ0v) is 16.4. The van der Waals surface area contributed by atoms with Gasteiger partial charge >= 0.3 is 6.03 Å². The molecule has 3 rings (SSSR count). The number of ether oxygens (including phenoxy) is 2. The van der Waals surface area contributed by atoms with Crippen LogP contribution < -0.4 is 25.4 Å². The van der Waals surface area contributed by atoms with Crippen LogP contribution in [0.3, 0.4) is 0 Å². The fraction of sp³-hybridized carbons (Fsp3) is 0.200. The Morgan fingerprint density at radius 3 is 2.54 bits per heavy atom. The van der Waals surface area contributed by atoms with E-state index >= 15 is 0 Å². The van der Waals surface area contributed by atoms with Crippen molar-refractivity contribution in [1.29, 1.82) is 0 Å². The minimum absolute atomic E-state index is 0.355. The number of carbonyl (C=O) groups is 2. The van der Waals surface area contributed by atoms with Crippen LogP contribution in [0.5, 0.6) is 11.5 Å². The predicted octanol–water partition coefficient (Wildman–Crippen LogP) is 3.62. The van der Waals surface area contributed by atoms with Gasteiger partial charge in [-0.05, 0) is 42.8 Å². The van der Waals surface area contributed by atoms with Crippen molar-refractivity contribution in [3.63, 3.8) is 0 Å². The van der Waals surface area contributed by atoms with Gasteiger partial charge in [0.2, 0.25) is 0 Å². The fourth-order valence-corrected chi connectivity index (χ4v) is 3.23. The molecule has 0 bridgehead atoms. The number of hydrogen-bond acceptors (Lipinski definition) is 4. The molecule has 0 aliphatic carbocycles. The smallest absolute Gasteiger partial charge is 0.319 e. The minimum Gasteiger partial charge on any atom is -0.493 e. The van der Waals surface area contributed by atoms with Crippen LogP contribution in [0, 0.1) is 0 Å². The highest BCUT2D eigenvalue weighted by Gasteiger charge is 2.31. The van der Waals surface area contributed by atoms with E-state index in [2.05, 4.69) is 16.0 Å². The molecular formula is C20H20ClN3O4. The fourth-order valence-electron chi connectivity index (χ4n) is 3.04. The second-order valence-electron chi connectivity index (χ2n) is 6.15. The average Bonchev–Trinajstić information content (AvgIpc) is 2.66. The molecule has 2 aromatic rings. The lowest BCUT2D eigenvalue weighted by Crippen LogP contribution is -2.45. The number of nitrogens with one attached hydrogen (secondary N) is 3. The molecule has 7 nitrogen and oxygen atoms in total. The molecule has 0 saturated heterocycles. The third-order valence-electron chi connectivity index (χ3n) is 4.34. The number of anilines is 1. The van der Waals surface area contributed by atoms with Gasteiger partial charge in [0.05, 0.1) is 25.8 Å². The quantitative estimate of drug-likeness (QED) is 0.713. The molecule has 28 heavy (non-hydrogen) atoms. The molecule has 1 atom stereocenters. The summed E-state index contributed by atoms with van der Waals surface area (Å²) in [6.07, 6.45) is 0. The number of carbonyl (C=O) groups excluding carboxylic acids is 2. The summed E-state index contributed by atoms with van der Waals surface area (Å²) < 4.78 is 10.6. The Hall–Kier alpha value is -3.19. The van der Waals surface area contributed by atoms with E-state index in [1.807, 2.05) is 0 Å². The zero-order chi connectivity index (χ0) is 20.3. The van der Waals surface area contributed by atoms with Gasteiger partial charge in [0.1, 0.15) is 0 Å². The van der Waals surface area contributed by atoms with Gasteiger partial charge in [-0.1, -0.05) is 23.7 Å². The molecule has 0 saturated carbocycles. The van der Waals surface area contributed by atoms with Crippen LogP contribution in [0.4, 0.5) is 10.5 Å². The predicted molar refractivity (Wildman–Crippen MR) is 107 cm³/mol. The molecule has 3 amide bonds. The normalized spacial score (nSPS) is 16.1. The van der Waals surface area contributed by atoms with Gasteiger partial charge in [-0.2, -0.15) is 0 Å². The molecule has 1 unspecified atom stereocenters. The van der Waals surface area contributed by atoms with Crippen LogP contribution in [0.2, 0.25) is 5.02 Å². The molecule has 0 aromatic heterocycles. The Morgan fingerprint density at radius 1 is 1.11 bits per heavy atom. The van der Waals surface area contributed by atoms with Gasteiger partial charge in [-0.25, -0.2) is 4.79 Å². The molecule has 146 valence electrons. The first kappa shape index (κ1) is 19.6. The van der Waals surface area contributed by atoms with Gasteiger partial charge in [0.15, 0.2) is 11.5 Å². The van der Waals surface area contributed by atoms with Crippen molar-refractivity contribution in [1.82, 2.24) is 10.6 Å². The molecule has 3 N–H and O–H groups in total. The number of amides is 3. The average molecular weight is 402 g/mol. The lowest BCUT2D eigenvalue weighted by atomic mass is 9.94. The first-order chi connectivity index (χ1) is 13.4. The molecule has 0 radical (unpaired) electrons. The molecule has 0 spiro atoms. The van der Waals surface area contributed by atoms with Crippen molar-refractivity contribution in [2.75, 3.05) is 19.5 Å². The third-order valence-corrected chi connectivity index (χ3v) is 4.57. The van der Waals surface area contributed by atoms with Crippen LogP contribution in [-0.2, 0) is 4.79 Å².